The third-order valence-electron chi connectivity index (χ3n) is 1.14. The molecule has 13 heavy (non-hydrogen) atoms. The van der Waals surface area contributed by atoms with E-state index in [0.717, 1.165) is 0 Å². The number of halogens is 1. The number of rotatable bonds is 1. The van der Waals surface area contributed by atoms with Crippen molar-refractivity contribution < 1.29 is 9.18 Å². The molecule has 0 atom stereocenters. The number of hydrogen-bond donors (Lipinski definition) is 3. The predicted molar refractivity (Wildman–Crippen MR) is 41.8 cm³/mol. The number of nitrogens with zero attached hydrogens (tertiary/aromatic N) is 2. The normalized spacial score (nSPS) is 9.62. The molecule has 1 aromatic rings. The molecule has 2 amide bonds. The van der Waals surface area contributed by atoms with Gasteiger partial charge in [-0.15, -0.1) is 0 Å². The molecule has 70 valence electrons. The number of anilines is 1. The van der Waals surface area contributed by atoms with Crippen molar-refractivity contribution in [2.75, 3.05) is 11.2 Å². The Morgan fingerprint density at radius 2 is 2.31 bits per heavy atom. The molecule has 0 saturated heterocycles. The Balaban J connectivity index is 3.16. The van der Waals surface area contributed by atoms with Crippen LogP contribution in [0.15, 0.2) is 11.0 Å². The van der Waals surface area contributed by atoms with E-state index in [-0.39, 0.29) is 0 Å². The van der Waals surface area contributed by atoms with Gasteiger partial charge in [0.25, 0.3) is 0 Å². The fourth-order valence-electron chi connectivity index (χ4n) is 0.644. The minimum Gasteiger partial charge on any atom is -0.381 e. The summed E-state index contributed by atoms with van der Waals surface area (Å²) < 4.78 is 13.2. The van der Waals surface area contributed by atoms with Crippen LogP contribution in [0.5, 0.6) is 0 Å². The SMILES string of the molecule is NC(=O)Nn1cc(F)c(N)nc1=O. The van der Waals surface area contributed by atoms with Gasteiger partial charge in [-0.3, -0.25) is 0 Å². The molecule has 0 fully saturated rings. The summed E-state index contributed by atoms with van der Waals surface area (Å²) in [5, 5.41) is 0. The van der Waals surface area contributed by atoms with Gasteiger partial charge in [0.15, 0.2) is 11.6 Å². The average molecular weight is 187 g/mol. The second kappa shape index (κ2) is 3.09. The molecule has 1 aromatic heterocycles. The van der Waals surface area contributed by atoms with Crippen molar-refractivity contribution in [3.05, 3.63) is 22.5 Å². The van der Waals surface area contributed by atoms with Crippen LogP contribution in [0, 0.1) is 5.82 Å². The van der Waals surface area contributed by atoms with Gasteiger partial charge < -0.3 is 11.5 Å². The molecule has 8 heteroatoms. The first-order valence-corrected chi connectivity index (χ1v) is 3.12. The molecule has 0 aliphatic heterocycles. The summed E-state index contributed by atoms with van der Waals surface area (Å²) in [6.07, 6.45) is 0.676. The Labute approximate surface area is 71.1 Å². The number of amides is 2. The Morgan fingerprint density at radius 3 is 2.85 bits per heavy atom. The molecule has 0 bridgehead atoms. The summed E-state index contributed by atoms with van der Waals surface area (Å²) in [6, 6.07) is -1.01. The summed E-state index contributed by atoms with van der Waals surface area (Å²) in [5.41, 5.74) is 10.6. The van der Waals surface area contributed by atoms with Crippen LogP contribution in [0.4, 0.5) is 15.0 Å². The van der Waals surface area contributed by atoms with Gasteiger partial charge in [-0.05, 0) is 0 Å². The number of nitrogens with two attached hydrogens (primary N) is 2. The molecule has 0 unspecified atom stereocenters. The highest BCUT2D eigenvalue weighted by Crippen LogP contribution is 1.99. The van der Waals surface area contributed by atoms with Crippen LogP contribution in [-0.4, -0.2) is 15.7 Å². The fourth-order valence-corrected chi connectivity index (χ4v) is 0.644. The van der Waals surface area contributed by atoms with Crippen molar-refractivity contribution in [1.82, 2.24) is 9.66 Å². The molecular formula is C5H6FN5O2. The minimum atomic E-state index is -1.01. The van der Waals surface area contributed by atoms with E-state index in [1.54, 1.807) is 0 Å². The van der Waals surface area contributed by atoms with Crippen LogP contribution in [0.2, 0.25) is 0 Å². The van der Waals surface area contributed by atoms with E-state index < -0.39 is 23.4 Å². The van der Waals surface area contributed by atoms with E-state index in [9.17, 15) is 14.0 Å². The van der Waals surface area contributed by atoms with Crippen molar-refractivity contribution >= 4 is 11.8 Å². The van der Waals surface area contributed by atoms with Gasteiger partial charge in [0.2, 0.25) is 0 Å². The van der Waals surface area contributed by atoms with E-state index in [4.69, 9.17) is 11.5 Å². The Bertz CT molecular complexity index is 400. The number of nitrogens with one attached hydrogen (secondary N) is 1. The minimum absolute atomic E-state index is 0.494. The molecule has 0 aromatic carbocycles. The Kier molecular flexibility index (Phi) is 2.13. The van der Waals surface area contributed by atoms with E-state index in [2.05, 4.69) is 4.98 Å². The van der Waals surface area contributed by atoms with Gasteiger partial charge in [0.05, 0.1) is 6.20 Å². The zero-order chi connectivity index (χ0) is 10.0. The highest BCUT2D eigenvalue weighted by molar-refractivity contribution is 5.79. The number of urea groups is 1. The first kappa shape index (κ1) is 8.97. The average Bonchev–Trinajstić information content (AvgIpc) is 1.99. The van der Waals surface area contributed by atoms with E-state index in [1.165, 1.54) is 0 Å². The molecule has 7 nitrogen and oxygen atoms in total. The van der Waals surface area contributed by atoms with Crippen LogP contribution >= 0.6 is 0 Å². The molecule has 5 N–H and O–H groups in total. The maximum atomic E-state index is 12.7. The quantitative estimate of drug-likeness (QED) is 0.500. The Morgan fingerprint density at radius 1 is 1.69 bits per heavy atom. The second-order valence-electron chi connectivity index (χ2n) is 2.10. The first-order valence-electron chi connectivity index (χ1n) is 3.12. The maximum absolute atomic E-state index is 12.7. The van der Waals surface area contributed by atoms with Gasteiger partial charge in [-0.1, -0.05) is 0 Å². The molecule has 0 aliphatic rings. The monoisotopic (exact) mass is 187 g/mol. The fraction of sp³-hybridized carbons (Fsp3) is 0. The van der Waals surface area contributed by atoms with Crippen molar-refractivity contribution in [3.8, 4) is 0 Å². The summed E-state index contributed by atoms with van der Waals surface area (Å²) >= 11 is 0. The summed E-state index contributed by atoms with van der Waals surface area (Å²) in [6.45, 7) is 0. The van der Waals surface area contributed by atoms with Gasteiger partial charge >= 0.3 is 11.7 Å². The van der Waals surface area contributed by atoms with Crippen LogP contribution in [0.1, 0.15) is 0 Å². The predicted octanol–water partition coefficient (Wildman–Crippen LogP) is -1.41. The molecule has 0 spiro atoms. The van der Waals surface area contributed by atoms with Crippen molar-refractivity contribution in [3.63, 3.8) is 0 Å². The van der Waals surface area contributed by atoms with Gasteiger partial charge in [-0.2, -0.15) is 4.98 Å². The van der Waals surface area contributed by atoms with Crippen LogP contribution in [-0.2, 0) is 0 Å². The highest BCUT2D eigenvalue weighted by atomic mass is 19.1. The van der Waals surface area contributed by atoms with E-state index in [0.29, 0.717) is 10.9 Å². The van der Waals surface area contributed by atoms with E-state index >= 15 is 0 Å². The maximum Gasteiger partial charge on any atom is 0.368 e. The molecular weight excluding hydrogens is 181 g/mol. The third kappa shape index (κ3) is 1.92. The largest absolute Gasteiger partial charge is 0.381 e. The molecule has 0 radical (unpaired) electrons. The standard InChI is InChI=1S/C5H6FN5O2/c6-2-1-11(10-4(8)12)5(13)9-3(2)7/h1H,(H2,7,9,13)(H3,8,10,12). The lowest BCUT2D eigenvalue weighted by Gasteiger charge is -2.04. The van der Waals surface area contributed by atoms with Crippen molar-refractivity contribution in [1.29, 1.82) is 0 Å². The summed E-state index contributed by atoms with van der Waals surface area (Å²) in [7, 11) is 0. The number of nitrogen functional groups attached to an aromatic ring is 1. The number of carbonyl (C=O) groups is 1. The van der Waals surface area contributed by atoms with Crippen molar-refractivity contribution in [2.45, 2.75) is 0 Å². The molecule has 0 aliphatic carbocycles. The number of aromatic nitrogens is 2. The lowest BCUT2D eigenvalue weighted by Crippen LogP contribution is -2.37. The van der Waals surface area contributed by atoms with Crippen LogP contribution in [0.25, 0.3) is 0 Å². The van der Waals surface area contributed by atoms with Crippen LogP contribution < -0.4 is 22.6 Å². The molecule has 1 heterocycles. The lowest BCUT2D eigenvalue weighted by atomic mass is 10.6. The molecule has 0 saturated carbocycles. The third-order valence-corrected chi connectivity index (χ3v) is 1.14. The smallest absolute Gasteiger partial charge is 0.368 e. The number of primary amides is 1. The summed E-state index contributed by atoms with van der Waals surface area (Å²) in [5.74, 6) is -1.46. The second-order valence-corrected chi connectivity index (χ2v) is 2.10. The van der Waals surface area contributed by atoms with Gasteiger partial charge in [0, 0.05) is 0 Å². The van der Waals surface area contributed by atoms with Gasteiger partial charge in [0.1, 0.15) is 0 Å². The van der Waals surface area contributed by atoms with E-state index in [1.807, 2.05) is 5.43 Å². The van der Waals surface area contributed by atoms with Crippen molar-refractivity contribution in [2.24, 2.45) is 5.73 Å². The number of carbonyl (C=O) groups excluding carboxylic acids is 1. The topological polar surface area (TPSA) is 116 Å². The first-order chi connectivity index (χ1) is 6.00. The lowest BCUT2D eigenvalue weighted by molar-refractivity contribution is 0.256. The van der Waals surface area contributed by atoms with Crippen LogP contribution in [0.3, 0.4) is 0 Å². The Hall–Kier alpha value is -2.12. The molecule has 1 rings (SSSR count). The number of hydrogen-bond acceptors (Lipinski definition) is 4. The summed E-state index contributed by atoms with van der Waals surface area (Å²) in [4.78, 5) is 24.2. The highest BCUT2D eigenvalue weighted by Gasteiger charge is 2.05. The zero-order valence-electron chi connectivity index (χ0n) is 6.32. The van der Waals surface area contributed by atoms with Gasteiger partial charge in [-0.25, -0.2) is 24.1 Å². The zero-order valence-corrected chi connectivity index (χ0v) is 6.32.